The molecule has 0 radical (unpaired) electrons. The van der Waals surface area contributed by atoms with Crippen LogP contribution in [0.1, 0.15) is 24.0 Å². The lowest BCUT2D eigenvalue weighted by Gasteiger charge is -2.13. The van der Waals surface area contributed by atoms with Crippen LogP contribution in [0.15, 0.2) is 48.5 Å². The van der Waals surface area contributed by atoms with E-state index >= 15 is 0 Å². The maximum Gasteiger partial charge on any atom is 0.325 e. The third-order valence-corrected chi connectivity index (χ3v) is 4.58. The fraction of sp³-hybridized carbons (Fsp3) is 0.286. The number of aryl methyl sites for hydroxylation is 1. The molecule has 2 N–H and O–H groups in total. The predicted octanol–water partition coefficient (Wildman–Crippen LogP) is 2.84. The maximum atomic E-state index is 12.5. The van der Waals surface area contributed by atoms with Crippen molar-refractivity contribution < 1.29 is 19.1 Å². The first kappa shape index (κ1) is 19.4. The molecule has 0 saturated carbocycles. The molecule has 0 spiro atoms. The number of benzene rings is 2. The zero-order chi connectivity index (χ0) is 20.1. The molecular formula is C21H23N3O4. The van der Waals surface area contributed by atoms with Gasteiger partial charge in [-0.15, -0.1) is 0 Å². The molecule has 4 amide bonds. The monoisotopic (exact) mass is 381 g/mol. The Balaban J connectivity index is 1.56. The Hall–Kier alpha value is -3.35. The number of anilines is 1. The summed E-state index contributed by atoms with van der Waals surface area (Å²) in [5.41, 5.74) is 2.45. The lowest BCUT2D eigenvalue weighted by Crippen LogP contribution is -2.31. The number of amides is 4. The molecule has 2 aromatic rings. The van der Waals surface area contributed by atoms with Crippen molar-refractivity contribution in [2.45, 2.75) is 32.4 Å². The summed E-state index contributed by atoms with van der Waals surface area (Å²) in [6.45, 7) is 2.14. The van der Waals surface area contributed by atoms with E-state index in [1.807, 2.05) is 49.4 Å². The normalized spacial score (nSPS) is 16.1. The van der Waals surface area contributed by atoms with Crippen LogP contribution in [-0.4, -0.2) is 35.9 Å². The van der Waals surface area contributed by atoms with Crippen LogP contribution >= 0.6 is 0 Å². The third kappa shape index (κ3) is 4.49. The number of hydrogen-bond acceptors (Lipinski definition) is 4. The first-order valence-electron chi connectivity index (χ1n) is 9.08. The minimum Gasteiger partial charge on any atom is -0.495 e. The number of nitrogens with one attached hydrogen (secondary N) is 2. The first-order chi connectivity index (χ1) is 13.5. The van der Waals surface area contributed by atoms with Crippen LogP contribution in [0.25, 0.3) is 0 Å². The van der Waals surface area contributed by atoms with E-state index in [-0.39, 0.29) is 31.2 Å². The van der Waals surface area contributed by atoms with Gasteiger partial charge in [-0.3, -0.25) is 14.5 Å². The van der Waals surface area contributed by atoms with Crippen LogP contribution in [0.2, 0.25) is 0 Å². The molecule has 0 bridgehead atoms. The molecule has 1 fully saturated rings. The van der Waals surface area contributed by atoms with Crippen molar-refractivity contribution in [2.75, 3.05) is 12.4 Å². The second-order valence-electron chi connectivity index (χ2n) is 6.70. The van der Waals surface area contributed by atoms with E-state index < -0.39 is 12.1 Å². The van der Waals surface area contributed by atoms with Gasteiger partial charge in [-0.05, 0) is 36.6 Å². The number of ether oxygens (including phenoxy) is 1. The molecule has 1 saturated heterocycles. The van der Waals surface area contributed by atoms with Crippen molar-refractivity contribution >= 4 is 23.5 Å². The van der Waals surface area contributed by atoms with Crippen LogP contribution in [-0.2, 0) is 16.1 Å². The lowest BCUT2D eigenvalue weighted by molar-refractivity contribution is -0.128. The van der Waals surface area contributed by atoms with Gasteiger partial charge in [-0.2, -0.15) is 0 Å². The average molecular weight is 381 g/mol. The van der Waals surface area contributed by atoms with Crippen LogP contribution < -0.4 is 15.4 Å². The van der Waals surface area contributed by atoms with E-state index in [0.717, 1.165) is 11.1 Å². The summed E-state index contributed by atoms with van der Waals surface area (Å²) in [5.74, 6) is 0.0143. The molecule has 7 heteroatoms. The Morgan fingerprint density at radius 1 is 1.18 bits per heavy atom. The van der Waals surface area contributed by atoms with E-state index in [1.54, 1.807) is 6.07 Å². The summed E-state index contributed by atoms with van der Waals surface area (Å²) >= 11 is 0. The topological polar surface area (TPSA) is 87.7 Å². The van der Waals surface area contributed by atoms with Crippen LogP contribution in [0.5, 0.6) is 5.75 Å². The van der Waals surface area contributed by atoms with E-state index in [1.165, 1.54) is 12.0 Å². The average Bonchev–Trinajstić information content (AvgIpc) is 2.95. The summed E-state index contributed by atoms with van der Waals surface area (Å²) < 4.78 is 5.25. The van der Waals surface area contributed by atoms with Gasteiger partial charge in [0, 0.05) is 6.42 Å². The van der Waals surface area contributed by atoms with Crippen molar-refractivity contribution in [1.82, 2.24) is 10.2 Å². The Morgan fingerprint density at radius 2 is 1.93 bits per heavy atom. The van der Waals surface area contributed by atoms with E-state index in [9.17, 15) is 14.4 Å². The van der Waals surface area contributed by atoms with Crippen molar-refractivity contribution in [3.8, 4) is 5.75 Å². The third-order valence-electron chi connectivity index (χ3n) is 4.58. The molecule has 0 aromatic heterocycles. The second kappa shape index (κ2) is 8.56. The number of imide groups is 1. The zero-order valence-corrected chi connectivity index (χ0v) is 15.9. The van der Waals surface area contributed by atoms with Gasteiger partial charge in [0.05, 0.1) is 19.3 Å². The van der Waals surface area contributed by atoms with E-state index in [2.05, 4.69) is 10.6 Å². The SMILES string of the molecule is COc1ccc(C)cc1NC(=O)CC[C@@H]1NC(=O)N(Cc2ccccc2)C1=O. The van der Waals surface area contributed by atoms with Crippen molar-refractivity contribution in [3.05, 3.63) is 59.7 Å². The highest BCUT2D eigenvalue weighted by Crippen LogP contribution is 2.25. The molecule has 1 atom stereocenters. The van der Waals surface area contributed by atoms with Crippen molar-refractivity contribution in [2.24, 2.45) is 0 Å². The molecule has 146 valence electrons. The Bertz CT molecular complexity index is 882. The maximum absolute atomic E-state index is 12.5. The van der Waals surface area contributed by atoms with Gasteiger partial charge < -0.3 is 15.4 Å². The standard InChI is InChI=1S/C21H23N3O4/c1-14-8-10-18(28-2)17(12-14)22-19(25)11-9-16-20(26)24(21(27)23-16)13-15-6-4-3-5-7-15/h3-8,10,12,16H,9,11,13H2,1-2H3,(H,22,25)(H,23,27)/t16-/m0/s1. The van der Waals surface area contributed by atoms with Crippen LogP contribution in [0.3, 0.4) is 0 Å². The predicted molar refractivity (Wildman–Crippen MR) is 105 cm³/mol. The molecule has 1 heterocycles. The van der Waals surface area contributed by atoms with E-state index in [0.29, 0.717) is 11.4 Å². The molecular weight excluding hydrogens is 358 g/mol. The number of methoxy groups -OCH3 is 1. The van der Waals surface area contributed by atoms with Gasteiger partial charge in [-0.1, -0.05) is 36.4 Å². The van der Waals surface area contributed by atoms with Gasteiger partial charge in [0.2, 0.25) is 5.91 Å². The summed E-state index contributed by atoms with van der Waals surface area (Å²) in [6.07, 6.45) is 0.336. The highest BCUT2D eigenvalue weighted by atomic mass is 16.5. The Kier molecular flexibility index (Phi) is 5.93. The first-order valence-corrected chi connectivity index (χ1v) is 9.08. The summed E-state index contributed by atoms with van der Waals surface area (Å²) in [7, 11) is 1.54. The molecule has 2 aromatic carbocycles. The molecule has 1 aliphatic rings. The van der Waals surface area contributed by atoms with Crippen LogP contribution in [0, 0.1) is 6.92 Å². The van der Waals surface area contributed by atoms with Crippen molar-refractivity contribution in [3.63, 3.8) is 0 Å². The van der Waals surface area contributed by atoms with Gasteiger partial charge in [0.1, 0.15) is 11.8 Å². The highest BCUT2D eigenvalue weighted by Gasteiger charge is 2.37. The number of carbonyl (C=O) groups is 3. The lowest BCUT2D eigenvalue weighted by atomic mass is 10.1. The Morgan fingerprint density at radius 3 is 2.64 bits per heavy atom. The summed E-state index contributed by atoms with van der Waals surface area (Å²) in [5, 5.41) is 5.46. The minimum absolute atomic E-state index is 0.104. The molecule has 28 heavy (non-hydrogen) atoms. The van der Waals surface area contributed by atoms with Gasteiger partial charge in [0.25, 0.3) is 5.91 Å². The molecule has 0 aliphatic carbocycles. The Labute approximate surface area is 163 Å². The molecule has 7 nitrogen and oxygen atoms in total. The summed E-state index contributed by atoms with van der Waals surface area (Å²) in [6, 6.07) is 13.7. The number of rotatable bonds is 7. The largest absolute Gasteiger partial charge is 0.495 e. The highest BCUT2D eigenvalue weighted by molar-refractivity contribution is 6.04. The van der Waals surface area contributed by atoms with Gasteiger partial charge in [0.15, 0.2) is 0 Å². The number of urea groups is 1. The fourth-order valence-corrected chi connectivity index (χ4v) is 3.10. The quantitative estimate of drug-likeness (QED) is 0.722. The number of carbonyl (C=O) groups excluding carboxylic acids is 3. The zero-order valence-electron chi connectivity index (χ0n) is 15.9. The van der Waals surface area contributed by atoms with Gasteiger partial charge >= 0.3 is 6.03 Å². The van der Waals surface area contributed by atoms with E-state index in [4.69, 9.17) is 4.74 Å². The summed E-state index contributed by atoms with van der Waals surface area (Å²) in [4.78, 5) is 38.1. The van der Waals surface area contributed by atoms with Crippen molar-refractivity contribution in [1.29, 1.82) is 0 Å². The number of nitrogens with zero attached hydrogens (tertiary/aromatic N) is 1. The smallest absolute Gasteiger partial charge is 0.325 e. The van der Waals surface area contributed by atoms with Crippen LogP contribution in [0.4, 0.5) is 10.5 Å². The molecule has 1 aliphatic heterocycles. The fourth-order valence-electron chi connectivity index (χ4n) is 3.10. The molecule has 0 unspecified atom stereocenters. The molecule has 3 rings (SSSR count). The van der Waals surface area contributed by atoms with Gasteiger partial charge in [-0.25, -0.2) is 4.79 Å². The number of hydrogen-bond donors (Lipinski definition) is 2. The second-order valence-corrected chi connectivity index (χ2v) is 6.70. The minimum atomic E-state index is -0.693.